The monoisotopic (exact) mass is 640 g/mol. The molecule has 1 aliphatic heterocycles. The molecule has 1 aliphatic carbocycles. The van der Waals surface area contributed by atoms with Gasteiger partial charge in [-0.25, -0.2) is 0 Å². The predicted molar refractivity (Wildman–Crippen MR) is 211 cm³/mol. The van der Waals surface area contributed by atoms with Crippen molar-refractivity contribution in [1.29, 1.82) is 0 Å². The van der Waals surface area contributed by atoms with Crippen LogP contribution in [0.5, 0.6) is 0 Å². The summed E-state index contributed by atoms with van der Waals surface area (Å²) in [5.74, 6) is 0.280. The van der Waals surface area contributed by atoms with Crippen molar-refractivity contribution < 1.29 is 0 Å². The topological polar surface area (TPSA) is 6.48 Å². The standard InChI is InChI=1S/C48H36N2/c1-4-14-35(15-5-1)37-26-29-42(30-27-37)49(41-20-8-3-9-21-41)43-22-13-19-39(33-43)40-28-31-48-46(34-40)45-24-10-11-25-47(45)50(48)44-23-12-18-38(32-44)36-16-6-2-7-17-36/h1-34,45,47H. The molecule has 0 saturated heterocycles. The second-order valence-corrected chi connectivity index (χ2v) is 13.0. The molecule has 2 heteroatoms. The summed E-state index contributed by atoms with van der Waals surface area (Å²) in [7, 11) is 0. The summed E-state index contributed by atoms with van der Waals surface area (Å²) in [5, 5.41) is 0. The molecule has 238 valence electrons. The number of hydrogen-bond donors (Lipinski definition) is 0. The molecule has 2 aliphatic rings. The van der Waals surface area contributed by atoms with Gasteiger partial charge in [-0.2, -0.15) is 0 Å². The van der Waals surface area contributed by atoms with E-state index in [2.05, 4.69) is 216 Å². The molecule has 2 unspecified atom stereocenters. The number of para-hydroxylation sites is 1. The van der Waals surface area contributed by atoms with Gasteiger partial charge in [0, 0.05) is 34.4 Å². The maximum Gasteiger partial charge on any atom is 0.0629 e. The van der Waals surface area contributed by atoms with Crippen LogP contribution < -0.4 is 9.80 Å². The van der Waals surface area contributed by atoms with E-state index in [0.29, 0.717) is 0 Å². The van der Waals surface area contributed by atoms with E-state index >= 15 is 0 Å². The van der Waals surface area contributed by atoms with E-state index in [1.54, 1.807) is 0 Å². The third-order valence-electron chi connectivity index (χ3n) is 9.97. The van der Waals surface area contributed by atoms with E-state index in [1.165, 1.54) is 50.3 Å². The molecule has 0 amide bonds. The predicted octanol–water partition coefficient (Wildman–Crippen LogP) is 12.9. The zero-order valence-corrected chi connectivity index (χ0v) is 27.7. The normalized spacial score (nSPS) is 15.8. The molecule has 0 N–H and O–H groups in total. The van der Waals surface area contributed by atoms with Crippen molar-refractivity contribution in [1.82, 2.24) is 0 Å². The Morgan fingerprint density at radius 3 is 1.64 bits per heavy atom. The molecule has 7 aromatic carbocycles. The number of allylic oxidation sites excluding steroid dienone is 2. The Bertz CT molecular complexity index is 2320. The van der Waals surface area contributed by atoms with E-state index in [1.807, 2.05) is 0 Å². The van der Waals surface area contributed by atoms with Crippen LogP contribution in [0.2, 0.25) is 0 Å². The molecular weight excluding hydrogens is 605 g/mol. The van der Waals surface area contributed by atoms with E-state index < -0.39 is 0 Å². The number of nitrogens with zero attached hydrogens (tertiary/aromatic N) is 2. The van der Waals surface area contributed by atoms with Gasteiger partial charge >= 0.3 is 0 Å². The molecule has 0 bridgehead atoms. The fourth-order valence-electron chi connectivity index (χ4n) is 7.57. The van der Waals surface area contributed by atoms with Gasteiger partial charge in [-0.05, 0) is 99.6 Å². The number of rotatable bonds is 7. The van der Waals surface area contributed by atoms with Gasteiger partial charge in [-0.1, -0.05) is 146 Å². The summed E-state index contributed by atoms with van der Waals surface area (Å²) in [6.45, 7) is 0. The highest BCUT2D eigenvalue weighted by Crippen LogP contribution is 2.49. The van der Waals surface area contributed by atoms with E-state index in [4.69, 9.17) is 0 Å². The molecular formula is C48H36N2. The quantitative estimate of drug-likeness (QED) is 0.171. The highest BCUT2D eigenvalue weighted by Gasteiger charge is 2.37. The van der Waals surface area contributed by atoms with E-state index in [0.717, 1.165) is 17.1 Å². The van der Waals surface area contributed by atoms with Crippen molar-refractivity contribution in [3.8, 4) is 33.4 Å². The number of hydrogen-bond acceptors (Lipinski definition) is 2. The van der Waals surface area contributed by atoms with Crippen LogP contribution in [0.1, 0.15) is 11.5 Å². The Morgan fingerprint density at radius 1 is 0.380 bits per heavy atom. The summed E-state index contributed by atoms with van der Waals surface area (Å²) in [5.41, 5.74) is 14.5. The van der Waals surface area contributed by atoms with Gasteiger partial charge in [0.1, 0.15) is 0 Å². The summed E-state index contributed by atoms with van der Waals surface area (Å²) in [6, 6.07) is 65.9. The van der Waals surface area contributed by atoms with Gasteiger partial charge in [0.15, 0.2) is 0 Å². The van der Waals surface area contributed by atoms with Crippen molar-refractivity contribution in [2.75, 3.05) is 9.80 Å². The fourth-order valence-corrected chi connectivity index (χ4v) is 7.57. The summed E-state index contributed by atoms with van der Waals surface area (Å²) in [4.78, 5) is 4.86. The SMILES string of the molecule is C1=CC2c3cc(-c4cccc(N(c5ccccc5)c5ccc(-c6ccccc6)cc5)c4)ccc3N(c3cccc(-c4ccccc4)c3)C2C=C1. The minimum atomic E-state index is 0.232. The lowest BCUT2D eigenvalue weighted by Gasteiger charge is -2.29. The first kappa shape index (κ1) is 29.7. The lowest BCUT2D eigenvalue weighted by molar-refractivity contribution is 0.745. The fraction of sp³-hybridized carbons (Fsp3) is 0.0417. The van der Waals surface area contributed by atoms with Crippen LogP contribution in [0, 0.1) is 0 Å². The molecule has 0 spiro atoms. The first-order valence-electron chi connectivity index (χ1n) is 17.3. The highest BCUT2D eigenvalue weighted by atomic mass is 15.2. The molecule has 2 atom stereocenters. The Balaban J connectivity index is 1.09. The van der Waals surface area contributed by atoms with Gasteiger partial charge in [0.25, 0.3) is 0 Å². The first-order chi connectivity index (χ1) is 24.8. The molecule has 9 rings (SSSR count). The third kappa shape index (κ3) is 5.51. The van der Waals surface area contributed by atoms with Crippen LogP contribution in [-0.2, 0) is 0 Å². The zero-order chi connectivity index (χ0) is 33.3. The van der Waals surface area contributed by atoms with Crippen LogP contribution in [-0.4, -0.2) is 6.04 Å². The number of benzene rings is 7. The minimum Gasteiger partial charge on any atom is -0.333 e. The van der Waals surface area contributed by atoms with Gasteiger partial charge in [-0.15, -0.1) is 0 Å². The Labute approximate surface area is 294 Å². The average molecular weight is 641 g/mol. The minimum absolute atomic E-state index is 0.232. The zero-order valence-electron chi connectivity index (χ0n) is 27.7. The maximum absolute atomic E-state index is 2.52. The van der Waals surface area contributed by atoms with Crippen molar-refractivity contribution in [2.45, 2.75) is 12.0 Å². The Hall–Kier alpha value is -6.38. The van der Waals surface area contributed by atoms with Crippen molar-refractivity contribution in [2.24, 2.45) is 0 Å². The van der Waals surface area contributed by atoms with Crippen LogP contribution in [0.3, 0.4) is 0 Å². The summed E-state index contributed by atoms with van der Waals surface area (Å²) < 4.78 is 0. The third-order valence-corrected chi connectivity index (χ3v) is 9.97. The van der Waals surface area contributed by atoms with Crippen molar-refractivity contribution >= 4 is 28.4 Å². The van der Waals surface area contributed by atoms with Crippen LogP contribution in [0.15, 0.2) is 206 Å². The number of anilines is 5. The molecule has 0 aromatic heterocycles. The molecule has 1 heterocycles. The summed E-state index contributed by atoms with van der Waals surface area (Å²) >= 11 is 0. The summed E-state index contributed by atoms with van der Waals surface area (Å²) in [6.07, 6.45) is 9.10. The first-order valence-corrected chi connectivity index (χ1v) is 17.3. The van der Waals surface area contributed by atoms with Crippen LogP contribution in [0.25, 0.3) is 33.4 Å². The molecule has 7 aromatic rings. The molecule has 50 heavy (non-hydrogen) atoms. The highest BCUT2D eigenvalue weighted by molar-refractivity contribution is 5.84. The average Bonchev–Trinajstić information content (AvgIpc) is 3.53. The van der Waals surface area contributed by atoms with Gasteiger partial charge in [0.2, 0.25) is 0 Å². The van der Waals surface area contributed by atoms with Crippen molar-refractivity contribution in [3.05, 3.63) is 212 Å². The molecule has 0 radical (unpaired) electrons. The largest absolute Gasteiger partial charge is 0.333 e. The maximum atomic E-state index is 2.52. The number of fused-ring (bicyclic) bond motifs is 3. The van der Waals surface area contributed by atoms with Crippen molar-refractivity contribution in [3.63, 3.8) is 0 Å². The van der Waals surface area contributed by atoms with Gasteiger partial charge < -0.3 is 9.80 Å². The smallest absolute Gasteiger partial charge is 0.0629 e. The molecule has 2 nitrogen and oxygen atoms in total. The second-order valence-electron chi connectivity index (χ2n) is 13.0. The lowest BCUT2D eigenvalue weighted by Crippen LogP contribution is -2.28. The Morgan fingerprint density at radius 2 is 0.900 bits per heavy atom. The van der Waals surface area contributed by atoms with Gasteiger partial charge in [0.05, 0.1) is 6.04 Å². The second kappa shape index (κ2) is 12.9. The van der Waals surface area contributed by atoms with E-state index in [-0.39, 0.29) is 12.0 Å². The molecule has 0 saturated carbocycles. The van der Waals surface area contributed by atoms with E-state index in [9.17, 15) is 0 Å². The lowest BCUT2D eigenvalue weighted by atomic mass is 9.89. The van der Waals surface area contributed by atoms with Crippen LogP contribution in [0.4, 0.5) is 28.4 Å². The van der Waals surface area contributed by atoms with Crippen LogP contribution >= 0.6 is 0 Å². The Kier molecular flexibility index (Phi) is 7.68. The molecule has 0 fully saturated rings. The van der Waals surface area contributed by atoms with Gasteiger partial charge in [-0.3, -0.25) is 0 Å².